The van der Waals surface area contributed by atoms with Crippen molar-refractivity contribution >= 4 is 65.9 Å². The summed E-state index contributed by atoms with van der Waals surface area (Å²) in [5, 5.41) is 8.93. The summed E-state index contributed by atoms with van der Waals surface area (Å²) in [5.74, 6) is 0. The smallest absolute Gasteiger partial charge is 0.0547 e. The van der Waals surface area contributed by atoms with Gasteiger partial charge in [-0.3, -0.25) is 0 Å². The SMILES string of the molecule is Cc1ccccc1-c1ccc(-n2c3cc(C4=CCc5c(c6c7ccccc7ccc6n5-c5ccc(-c6ccccc6)cc5)C=C4)ccc3c3c4ccccc4ccc32)cc1. The predicted octanol–water partition coefficient (Wildman–Crippen LogP) is 15.3. The van der Waals surface area contributed by atoms with E-state index in [1.54, 1.807) is 0 Å². The molecular formula is C58H40N2. The summed E-state index contributed by atoms with van der Waals surface area (Å²) in [6.45, 7) is 2.19. The minimum atomic E-state index is 0.799. The van der Waals surface area contributed by atoms with Crippen LogP contribution >= 0.6 is 0 Å². The molecule has 11 aromatic rings. The first kappa shape index (κ1) is 34.4. The molecule has 0 spiro atoms. The summed E-state index contributed by atoms with van der Waals surface area (Å²) in [6, 6.07) is 71.2. The van der Waals surface area contributed by atoms with E-state index in [2.05, 4.69) is 228 Å². The third-order valence-electron chi connectivity index (χ3n) is 12.7. The summed E-state index contributed by atoms with van der Waals surface area (Å²) in [7, 11) is 0. The van der Waals surface area contributed by atoms with E-state index in [0.29, 0.717) is 0 Å². The number of hydrogen-bond acceptors (Lipinski definition) is 0. The lowest BCUT2D eigenvalue weighted by Crippen LogP contribution is -2.00. The molecule has 0 saturated heterocycles. The van der Waals surface area contributed by atoms with Crippen LogP contribution in [0.4, 0.5) is 0 Å². The highest BCUT2D eigenvalue weighted by atomic mass is 15.0. The Labute approximate surface area is 349 Å². The lowest BCUT2D eigenvalue weighted by atomic mass is 10.00. The fraction of sp³-hybridized carbons (Fsp3) is 0.0345. The Balaban J connectivity index is 1.02. The van der Waals surface area contributed by atoms with Crippen molar-refractivity contribution in [1.29, 1.82) is 0 Å². The zero-order valence-corrected chi connectivity index (χ0v) is 33.3. The van der Waals surface area contributed by atoms with Gasteiger partial charge in [-0.25, -0.2) is 0 Å². The number of nitrogens with zero attached hydrogens (tertiary/aromatic N) is 2. The van der Waals surface area contributed by atoms with Crippen LogP contribution in [0.25, 0.3) is 99.5 Å². The Kier molecular flexibility index (Phi) is 7.86. The fourth-order valence-electron chi connectivity index (χ4n) is 9.84. The molecule has 2 heteroatoms. The van der Waals surface area contributed by atoms with E-state index in [4.69, 9.17) is 0 Å². The van der Waals surface area contributed by atoms with Crippen molar-refractivity contribution in [3.05, 3.63) is 229 Å². The third-order valence-corrected chi connectivity index (χ3v) is 12.7. The van der Waals surface area contributed by atoms with Gasteiger partial charge in [0.05, 0.1) is 16.6 Å². The number of aryl methyl sites for hydroxylation is 1. The van der Waals surface area contributed by atoms with Crippen LogP contribution in [-0.2, 0) is 6.42 Å². The summed E-state index contributed by atoms with van der Waals surface area (Å²) >= 11 is 0. The number of allylic oxidation sites excluding steroid dienone is 3. The van der Waals surface area contributed by atoms with Crippen molar-refractivity contribution in [2.45, 2.75) is 13.3 Å². The molecule has 0 bridgehead atoms. The second-order valence-electron chi connectivity index (χ2n) is 16.1. The first-order valence-corrected chi connectivity index (χ1v) is 20.9. The molecule has 0 amide bonds. The molecular weight excluding hydrogens is 725 g/mol. The Bertz CT molecular complexity index is 3540. The van der Waals surface area contributed by atoms with E-state index >= 15 is 0 Å². The minimum Gasteiger partial charge on any atom is -0.313 e. The second-order valence-corrected chi connectivity index (χ2v) is 16.1. The average molecular weight is 765 g/mol. The highest BCUT2D eigenvalue weighted by Crippen LogP contribution is 2.41. The molecule has 282 valence electrons. The van der Waals surface area contributed by atoms with Gasteiger partial charge in [-0.05, 0) is 110 Å². The first-order valence-electron chi connectivity index (χ1n) is 20.9. The summed E-state index contributed by atoms with van der Waals surface area (Å²) in [6.07, 6.45) is 7.94. The Morgan fingerprint density at radius 1 is 0.400 bits per heavy atom. The van der Waals surface area contributed by atoms with Crippen LogP contribution < -0.4 is 0 Å². The Morgan fingerprint density at radius 2 is 0.983 bits per heavy atom. The van der Waals surface area contributed by atoms with E-state index < -0.39 is 0 Å². The highest BCUT2D eigenvalue weighted by Gasteiger charge is 2.22. The van der Waals surface area contributed by atoms with Gasteiger partial charge < -0.3 is 9.13 Å². The van der Waals surface area contributed by atoms with E-state index in [1.165, 1.54) is 110 Å². The van der Waals surface area contributed by atoms with Crippen LogP contribution in [0.1, 0.15) is 22.4 Å². The largest absolute Gasteiger partial charge is 0.313 e. The van der Waals surface area contributed by atoms with Crippen molar-refractivity contribution in [2.24, 2.45) is 0 Å². The van der Waals surface area contributed by atoms with Gasteiger partial charge in [0.2, 0.25) is 0 Å². The molecule has 2 heterocycles. The van der Waals surface area contributed by atoms with Crippen molar-refractivity contribution in [1.82, 2.24) is 9.13 Å². The lowest BCUT2D eigenvalue weighted by molar-refractivity contribution is 1.00. The number of fused-ring (bicyclic) bond motifs is 10. The number of aromatic nitrogens is 2. The maximum atomic E-state index is 2.49. The minimum absolute atomic E-state index is 0.799. The average Bonchev–Trinajstić information content (AvgIpc) is 3.72. The monoisotopic (exact) mass is 764 g/mol. The standard InChI is InChI=1S/C58H40N2/c1-38-11-5-8-16-48(38)44-21-30-47(31-22-44)60-55-36-27-43-15-7-10-18-50(43)58(55)52-33-24-45(37-56(52)60)41-23-32-51-53(34-25-41)59(54-35-26-42-14-6-9-17-49(42)57(51)54)46-28-19-40(20-29-46)39-12-3-2-4-13-39/h2-33,35-37H,34H2,1H3. The van der Waals surface area contributed by atoms with Gasteiger partial charge >= 0.3 is 0 Å². The zero-order valence-electron chi connectivity index (χ0n) is 33.3. The van der Waals surface area contributed by atoms with Gasteiger partial charge in [0, 0.05) is 45.2 Å². The topological polar surface area (TPSA) is 9.86 Å². The molecule has 12 rings (SSSR count). The normalized spacial score (nSPS) is 12.7. The molecule has 0 aliphatic heterocycles. The number of hydrogen-bond donors (Lipinski definition) is 0. The van der Waals surface area contributed by atoms with Crippen LogP contribution in [0.15, 0.2) is 206 Å². The molecule has 9 aromatic carbocycles. The van der Waals surface area contributed by atoms with Crippen LogP contribution in [-0.4, -0.2) is 9.13 Å². The quantitative estimate of drug-likeness (QED) is 0.165. The van der Waals surface area contributed by atoms with Gasteiger partial charge in [0.1, 0.15) is 0 Å². The van der Waals surface area contributed by atoms with Crippen molar-refractivity contribution in [3.8, 4) is 33.6 Å². The fourth-order valence-corrected chi connectivity index (χ4v) is 9.84. The van der Waals surface area contributed by atoms with Crippen LogP contribution in [0.2, 0.25) is 0 Å². The van der Waals surface area contributed by atoms with E-state index in [-0.39, 0.29) is 0 Å². The van der Waals surface area contributed by atoms with Crippen LogP contribution in [0.3, 0.4) is 0 Å². The first-order chi connectivity index (χ1) is 29.7. The summed E-state index contributed by atoms with van der Waals surface area (Å²) < 4.78 is 4.95. The van der Waals surface area contributed by atoms with E-state index in [9.17, 15) is 0 Å². The van der Waals surface area contributed by atoms with E-state index in [1.807, 2.05) is 0 Å². The second kappa shape index (κ2) is 13.7. The lowest BCUT2D eigenvalue weighted by Gasteiger charge is -2.12. The van der Waals surface area contributed by atoms with Crippen molar-refractivity contribution in [3.63, 3.8) is 0 Å². The molecule has 2 nitrogen and oxygen atoms in total. The van der Waals surface area contributed by atoms with Gasteiger partial charge in [0.15, 0.2) is 0 Å². The van der Waals surface area contributed by atoms with Gasteiger partial charge in [-0.1, -0.05) is 170 Å². The molecule has 0 fully saturated rings. The van der Waals surface area contributed by atoms with Crippen molar-refractivity contribution in [2.75, 3.05) is 0 Å². The van der Waals surface area contributed by atoms with Gasteiger partial charge in [-0.15, -0.1) is 0 Å². The molecule has 0 atom stereocenters. The van der Waals surface area contributed by atoms with Gasteiger partial charge in [0.25, 0.3) is 0 Å². The molecule has 1 aliphatic rings. The molecule has 60 heavy (non-hydrogen) atoms. The molecule has 1 aliphatic carbocycles. The summed E-state index contributed by atoms with van der Waals surface area (Å²) in [4.78, 5) is 0. The number of benzene rings is 9. The molecule has 0 unspecified atom stereocenters. The molecule has 2 aromatic heterocycles. The summed E-state index contributed by atoms with van der Waals surface area (Å²) in [5.41, 5.74) is 17.2. The van der Waals surface area contributed by atoms with Gasteiger partial charge in [-0.2, -0.15) is 0 Å². The Hall–Kier alpha value is -7.68. The highest BCUT2D eigenvalue weighted by molar-refractivity contribution is 6.21. The maximum absolute atomic E-state index is 2.49. The molecule has 0 saturated carbocycles. The maximum Gasteiger partial charge on any atom is 0.0547 e. The predicted molar refractivity (Wildman–Crippen MR) is 255 cm³/mol. The van der Waals surface area contributed by atoms with E-state index in [0.717, 1.165) is 12.1 Å². The zero-order chi connectivity index (χ0) is 39.7. The number of rotatable bonds is 5. The van der Waals surface area contributed by atoms with Crippen LogP contribution in [0.5, 0.6) is 0 Å². The third kappa shape index (κ3) is 5.42. The van der Waals surface area contributed by atoms with Crippen molar-refractivity contribution < 1.29 is 0 Å². The molecule has 0 N–H and O–H groups in total. The Morgan fingerprint density at radius 3 is 1.72 bits per heavy atom. The molecule has 0 radical (unpaired) electrons. The van der Waals surface area contributed by atoms with Crippen LogP contribution in [0, 0.1) is 6.92 Å².